The molecule has 0 saturated heterocycles. The minimum atomic E-state index is -2.96. The smallest absolute Gasteiger partial charge is 0.157 e. The van der Waals surface area contributed by atoms with Crippen molar-refractivity contribution in [1.82, 2.24) is 0 Å². The molecule has 0 bridgehead atoms. The summed E-state index contributed by atoms with van der Waals surface area (Å²) in [6, 6.07) is 7.26. The molecule has 0 unspecified atom stereocenters. The van der Waals surface area contributed by atoms with Crippen LogP contribution in [-0.2, 0) is 15.6 Å². The van der Waals surface area contributed by atoms with Crippen LogP contribution in [0.5, 0.6) is 5.75 Å². The minimum absolute atomic E-state index is 0.100. The highest BCUT2D eigenvalue weighted by Gasteiger charge is 2.18. The molecule has 0 N–H and O–H groups in total. The van der Waals surface area contributed by atoms with E-state index in [1.807, 2.05) is 12.1 Å². The van der Waals surface area contributed by atoms with Gasteiger partial charge in [-0.25, -0.2) is 8.42 Å². The maximum atomic E-state index is 11.4. The highest BCUT2D eigenvalue weighted by molar-refractivity contribution is 7.90. The largest absolute Gasteiger partial charge is 0.492 e. The van der Waals surface area contributed by atoms with E-state index in [1.54, 1.807) is 12.1 Å². The summed E-state index contributed by atoms with van der Waals surface area (Å²) in [5, 5.41) is 0. The van der Waals surface area contributed by atoms with Crippen molar-refractivity contribution in [2.45, 2.75) is 5.75 Å². The summed E-state index contributed by atoms with van der Waals surface area (Å²) in [4.78, 5) is 0. The van der Waals surface area contributed by atoms with Gasteiger partial charge < -0.3 is 4.74 Å². The van der Waals surface area contributed by atoms with E-state index in [4.69, 9.17) is 4.74 Å². The highest BCUT2D eigenvalue weighted by Crippen LogP contribution is 2.23. The van der Waals surface area contributed by atoms with Gasteiger partial charge in [0.25, 0.3) is 0 Å². The molecule has 13 heavy (non-hydrogen) atoms. The average molecular weight is 198 g/mol. The number of para-hydroxylation sites is 1. The van der Waals surface area contributed by atoms with Crippen LogP contribution in [0.15, 0.2) is 24.3 Å². The molecule has 1 aliphatic heterocycles. The summed E-state index contributed by atoms with van der Waals surface area (Å²) in [6.07, 6.45) is 0. The maximum Gasteiger partial charge on any atom is 0.157 e. The third-order valence-electron chi connectivity index (χ3n) is 2.00. The lowest BCUT2D eigenvalue weighted by molar-refractivity contribution is 0.342. The number of hydrogen-bond donors (Lipinski definition) is 0. The summed E-state index contributed by atoms with van der Waals surface area (Å²) < 4.78 is 28.0. The standard InChI is InChI=1S/C9H10O3S/c10-13(11)6-5-12-9-4-2-1-3-8(9)7-13/h1-4H,5-7H2. The van der Waals surface area contributed by atoms with E-state index in [1.165, 1.54) is 0 Å². The van der Waals surface area contributed by atoms with Gasteiger partial charge in [0.05, 0.1) is 11.5 Å². The van der Waals surface area contributed by atoms with Crippen molar-refractivity contribution in [2.24, 2.45) is 0 Å². The Balaban J connectivity index is 2.46. The monoisotopic (exact) mass is 198 g/mol. The van der Waals surface area contributed by atoms with Crippen LogP contribution in [-0.4, -0.2) is 20.8 Å². The summed E-state index contributed by atoms with van der Waals surface area (Å²) in [6.45, 7) is 0.263. The first-order chi connectivity index (χ1) is 6.17. The fourth-order valence-electron chi connectivity index (χ4n) is 1.35. The molecule has 1 aliphatic rings. The Morgan fingerprint density at radius 3 is 2.85 bits per heavy atom. The molecule has 1 heterocycles. The van der Waals surface area contributed by atoms with E-state index >= 15 is 0 Å². The van der Waals surface area contributed by atoms with Crippen LogP contribution in [0.3, 0.4) is 0 Å². The first-order valence-electron chi connectivity index (χ1n) is 4.08. The molecule has 0 radical (unpaired) electrons. The molecular weight excluding hydrogens is 188 g/mol. The van der Waals surface area contributed by atoms with Gasteiger partial charge in [-0.2, -0.15) is 0 Å². The minimum Gasteiger partial charge on any atom is -0.492 e. The van der Waals surface area contributed by atoms with Crippen LogP contribution >= 0.6 is 0 Å². The summed E-state index contributed by atoms with van der Waals surface area (Å²) in [5.41, 5.74) is 0.764. The Hall–Kier alpha value is -1.03. The summed E-state index contributed by atoms with van der Waals surface area (Å²) >= 11 is 0. The quantitative estimate of drug-likeness (QED) is 0.624. The second kappa shape index (κ2) is 3.03. The molecule has 4 heteroatoms. The van der Waals surface area contributed by atoms with Crippen molar-refractivity contribution in [3.05, 3.63) is 29.8 Å². The van der Waals surface area contributed by atoms with Crippen molar-refractivity contribution in [3.63, 3.8) is 0 Å². The zero-order chi connectivity index (χ0) is 9.31. The second-order valence-corrected chi connectivity index (χ2v) is 5.23. The van der Waals surface area contributed by atoms with Gasteiger partial charge in [0.15, 0.2) is 9.84 Å². The Labute approximate surface area is 77.3 Å². The topological polar surface area (TPSA) is 43.4 Å². The van der Waals surface area contributed by atoms with Crippen molar-refractivity contribution in [1.29, 1.82) is 0 Å². The Morgan fingerprint density at radius 2 is 2.00 bits per heavy atom. The number of hydrogen-bond acceptors (Lipinski definition) is 3. The molecule has 0 fully saturated rings. The molecule has 0 atom stereocenters. The van der Waals surface area contributed by atoms with Gasteiger partial charge in [0.2, 0.25) is 0 Å². The molecule has 0 saturated carbocycles. The number of fused-ring (bicyclic) bond motifs is 1. The number of sulfone groups is 1. The van der Waals surface area contributed by atoms with Gasteiger partial charge in [-0.1, -0.05) is 18.2 Å². The number of ether oxygens (including phenoxy) is 1. The molecule has 0 spiro atoms. The SMILES string of the molecule is O=S1(=O)CCOc2ccccc2C1. The third-order valence-corrected chi connectivity index (χ3v) is 3.54. The van der Waals surface area contributed by atoms with Crippen LogP contribution in [0, 0.1) is 0 Å². The third kappa shape index (κ3) is 1.83. The van der Waals surface area contributed by atoms with Crippen LogP contribution in [0.25, 0.3) is 0 Å². The van der Waals surface area contributed by atoms with Crippen molar-refractivity contribution >= 4 is 9.84 Å². The van der Waals surface area contributed by atoms with Crippen LogP contribution in [0.2, 0.25) is 0 Å². The fraction of sp³-hybridized carbons (Fsp3) is 0.333. The van der Waals surface area contributed by atoms with Crippen molar-refractivity contribution < 1.29 is 13.2 Å². The highest BCUT2D eigenvalue weighted by atomic mass is 32.2. The second-order valence-electron chi connectivity index (χ2n) is 3.05. The molecule has 0 aliphatic carbocycles. The van der Waals surface area contributed by atoms with Crippen molar-refractivity contribution in [2.75, 3.05) is 12.4 Å². The predicted octanol–water partition coefficient (Wildman–Crippen LogP) is 0.994. The van der Waals surface area contributed by atoms with Crippen LogP contribution < -0.4 is 4.74 Å². The molecule has 3 nitrogen and oxygen atoms in total. The predicted molar refractivity (Wildman–Crippen MR) is 49.4 cm³/mol. The van der Waals surface area contributed by atoms with E-state index in [2.05, 4.69) is 0 Å². The molecule has 1 aromatic rings. The Kier molecular flexibility index (Phi) is 2.00. The first-order valence-corrected chi connectivity index (χ1v) is 5.91. The fourth-order valence-corrected chi connectivity index (χ4v) is 2.55. The van der Waals surface area contributed by atoms with Gasteiger partial charge in [-0.15, -0.1) is 0 Å². The van der Waals surface area contributed by atoms with E-state index < -0.39 is 9.84 Å². The van der Waals surface area contributed by atoms with E-state index in [0.717, 1.165) is 5.56 Å². The zero-order valence-electron chi connectivity index (χ0n) is 7.06. The number of benzene rings is 1. The molecule has 0 amide bonds. The molecule has 70 valence electrons. The lowest BCUT2D eigenvalue weighted by Gasteiger charge is -2.03. The number of rotatable bonds is 0. The van der Waals surface area contributed by atoms with Gasteiger partial charge in [-0.3, -0.25) is 0 Å². The van der Waals surface area contributed by atoms with E-state index in [-0.39, 0.29) is 18.1 Å². The van der Waals surface area contributed by atoms with Gasteiger partial charge in [0, 0.05) is 5.56 Å². The maximum absolute atomic E-state index is 11.4. The lowest BCUT2D eigenvalue weighted by atomic mass is 10.2. The Bertz CT molecular complexity index is 409. The van der Waals surface area contributed by atoms with Gasteiger partial charge >= 0.3 is 0 Å². The molecule has 0 aromatic heterocycles. The van der Waals surface area contributed by atoms with Gasteiger partial charge in [-0.05, 0) is 6.07 Å². The lowest BCUT2D eigenvalue weighted by Crippen LogP contribution is -2.11. The molecular formula is C9H10O3S. The van der Waals surface area contributed by atoms with Crippen LogP contribution in [0.1, 0.15) is 5.56 Å². The van der Waals surface area contributed by atoms with Crippen molar-refractivity contribution in [3.8, 4) is 5.75 Å². The molecule has 2 rings (SSSR count). The van der Waals surface area contributed by atoms with E-state index in [9.17, 15) is 8.42 Å². The normalized spacial score (nSPS) is 19.7. The summed E-state index contributed by atoms with van der Waals surface area (Å²) in [5.74, 6) is 0.911. The van der Waals surface area contributed by atoms with E-state index in [0.29, 0.717) is 5.75 Å². The van der Waals surface area contributed by atoms with Gasteiger partial charge in [0.1, 0.15) is 12.4 Å². The molecule has 1 aromatic carbocycles. The first kappa shape index (κ1) is 8.56. The zero-order valence-corrected chi connectivity index (χ0v) is 7.88. The summed E-state index contributed by atoms with van der Waals surface area (Å²) in [7, 11) is -2.96. The average Bonchev–Trinajstić information content (AvgIpc) is 2.21. The Morgan fingerprint density at radius 1 is 1.23 bits per heavy atom. The van der Waals surface area contributed by atoms with Crippen LogP contribution in [0.4, 0.5) is 0 Å².